The predicted molar refractivity (Wildman–Crippen MR) is 100.0 cm³/mol. The van der Waals surface area contributed by atoms with E-state index in [2.05, 4.69) is 10.6 Å². The maximum Gasteiger partial charge on any atom is 0.239 e. The van der Waals surface area contributed by atoms with E-state index in [0.717, 1.165) is 11.3 Å². The van der Waals surface area contributed by atoms with Gasteiger partial charge in [-0.3, -0.25) is 4.79 Å². The van der Waals surface area contributed by atoms with Crippen LogP contribution >= 0.6 is 0 Å². The first-order chi connectivity index (χ1) is 12.1. The van der Waals surface area contributed by atoms with Crippen LogP contribution in [0.1, 0.15) is 24.8 Å². The van der Waals surface area contributed by atoms with E-state index in [1.54, 1.807) is 14.0 Å². The molecule has 3 N–H and O–H groups in total. The summed E-state index contributed by atoms with van der Waals surface area (Å²) < 4.78 is 5.26. The molecule has 0 saturated carbocycles. The van der Waals surface area contributed by atoms with Crippen molar-refractivity contribution in [3.63, 3.8) is 0 Å². The van der Waals surface area contributed by atoms with Crippen LogP contribution in [0.25, 0.3) is 0 Å². The number of aliphatic hydroxyl groups is 1. The zero-order valence-corrected chi connectivity index (χ0v) is 14.7. The predicted octanol–water partition coefficient (Wildman–Crippen LogP) is 2.78. The molecule has 0 heterocycles. The Balaban J connectivity index is 1.88. The van der Waals surface area contributed by atoms with Gasteiger partial charge in [-0.25, -0.2) is 0 Å². The van der Waals surface area contributed by atoms with Crippen molar-refractivity contribution >= 4 is 11.6 Å². The molecule has 0 aliphatic rings. The van der Waals surface area contributed by atoms with Gasteiger partial charge in [-0.05, 0) is 31.0 Å². The van der Waals surface area contributed by atoms with Gasteiger partial charge in [0.05, 0.1) is 25.4 Å². The fraction of sp³-hybridized carbons (Fsp3) is 0.350. The highest BCUT2D eigenvalue weighted by molar-refractivity contribution is 5.81. The average Bonchev–Trinajstić information content (AvgIpc) is 2.64. The number of para-hydroxylation sites is 2. The van der Waals surface area contributed by atoms with E-state index in [1.807, 2.05) is 54.6 Å². The maximum atomic E-state index is 12.2. The Morgan fingerprint density at radius 2 is 1.80 bits per heavy atom. The van der Waals surface area contributed by atoms with Crippen LogP contribution in [0.3, 0.4) is 0 Å². The van der Waals surface area contributed by atoms with Crippen molar-refractivity contribution in [1.82, 2.24) is 5.32 Å². The van der Waals surface area contributed by atoms with Crippen molar-refractivity contribution in [1.29, 1.82) is 0 Å². The van der Waals surface area contributed by atoms with E-state index >= 15 is 0 Å². The molecule has 2 rings (SSSR count). The van der Waals surface area contributed by atoms with Gasteiger partial charge >= 0.3 is 0 Å². The monoisotopic (exact) mass is 342 g/mol. The molecule has 134 valence electrons. The normalized spacial score (nSPS) is 12.9. The van der Waals surface area contributed by atoms with Gasteiger partial charge < -0.3 is 20.5 Å². The van der Waals surface area contributed by atoms with Crippen molar-refractivity contribution in [3.8, 4) is 5.75 Å². The number of benzene rings is 2. The first kappa shape index (κ1) is 18.8. The van der Waals surface area contributed by atoms with Crippen LogP contribution in [-0.4, -0.2) is 37.3 Å². The molecule has 2 unspecified atom stereocenters. The van der Waals surface area contributed by atoms with E-state index in [9.17, 15) is 9.90 Å². The number of carbonyl (C=O) groups excluding carboxylic acids is 1. The average molecular weight is 342 g/mol. The smallest absolute Gasteiger partial charge is 0.239 e. The van der Waals surface area contributed by atoms with Crippen LogP contribution in [-0.2, 0) is 4.79 Å². The molecule has 0 fully saturated rings. The largest absolute Gasteiger partial charge is 0.495 e. The number of hydrogen-bond donors (Lipinski definition) is 3. The molecular weight excluding hydrogens is 316 g/mol. The summed E-state index contributed by atoms with van der Waals surface area (Å²) in [4.78, 5) is 12.2. The Morgan fingerprint density at radius 3 is 2.48 bits per heavy atom. The first-order valence-corrected chi connectivity index (χ1v) is 8.46. The van der Waals surface area contributed by atoms with Gasteiger partial charge in [-0.1, -0.05) is 42.5 Å². The number of hydrogen-bond acceptors (Lipinski definition) is 4. The highest BCUT2D eigenvalue weighted by atomic mass is 16.5. The summed E-state index contributed by atoms with van der Waals surface area (Å²) in [5.41, 5.74) is 1.89. The van der Waals surface area contributed by atoms with Gasteiger partial charge in [0.25, 0.3) is 0 Å². The van der Waals surface area contributed by atoms with Gasteiger partial charge in [0.1, 0.15) is 5.75 Å². The number of anilines is 1. The maximum absolute atomic E-state index is 12.2. The minimum atomic E-state index is -0.422. The molecule has 5 heteroatoms. The second-order valence-corrected chi connectivity index (χ2v) is 6.05. The van der Waals surface area contributed by atoms with Gasteiger partial charge in [-0.2, -0.15) is 0 Å². The molecule has 0 bridgehead atoms. The summed E-state index contributed by atoms with van der Waals surface area (Å²) in [5, 5.41) is 15.7. The van der Waals surface area contributed by atoms with Crippen LogP contribution in [0.2, 0.25) is 0 Å². The van der Waals surface area contributed by atoms with Crippen molar-refractivity contribution in [2.24, 2.45) is 0 Å². The SMILES string of the molecule is COc1ccccc1NCC(=O)NCC(CC(C)O)c1ccccc1. The van der Waals surface area contributed by atoms with Crippen molar-refractivity contribution < 1.29 is 14.6 Å². The van der Waals surface area contributed by atoms with E-state index in [4.69, 9.17) is 4.74 Å². The highest BCUT2D eigenvalue weighted by Crippen LogP contribution is 2.23. The molecular formula is C20H26N2O3. The number of nitrogens with one attached hydrogen (secondary N) is 2. The van der Waals surface area contributed by atoms with Crippen molar-refractivity contribution in [2.75, 3.05) is 25.5 Å². The van der Waals surface area contributed by atoms with E-state index < -0.39 is 6.10 Å². The molecule has 25 heavy (non-hydrogen) atoms. The lowest BCUT2D eigenvalue weighted by atomic mass is 9.93. The van der Waals surface area contributed by atoms with Crippen molar-refractivity contribution in [2.45, 2.75) is 25.4 Å². The highest BCUT2D eigenvalue weighted by Gasteiger charge is 2.15. The minimum Gasteiger partial charge on any atom is -0.495 e. The Kier molecular flexibility index (Phi) is 7.29. The van der Waals surface area contributed by atoms with Gasteiger partial charge in [0.15, 0.2) is 0 Å². The molecule has 2 aromatic carbocycles. The number of ether oxygens (including phenoxy) is 1. The lowest BCUT2D eigenvalue weighted by Crippen LogP contribution is -2.34. The number of aliphatic hydroxyl groups excluding tert-OH is 1. The summed E-state index contributed by atoms with van der Waals surface area (Å²) in [6.45, 7) is 2.42. The molecule has 0 saturated heterocycles. The van der Waals surface area contributed by atoms with Crippen LogP contribution in [0.5, 0.6) is 5.75 Å². The summed E-state index contributed by atoms with van der Waals surface area (Å²) in [7, 11) is 1.60. The lowest BCUT2D eigenvalue weighted by molar-refractivity contribution is -0.119. The standard InChI is InChI=1S/C20H26N2O3/c1-15(23)12-17(16-8-4-3-5-9-16)13-22-20(24)14-21-18-10-6-7-11-19(18)25-2/h3-11,15,17,21,23H,12-14H2,1-2H3,(H,22,24). The number of carbonyl (C=O) groups is 1. The van der Waals surface area contributed by atoms with Crippen molar-refractivity contribution in [3.05, 3.63) is 60.2 Å². The second kappa shape index (κ2) is 9.69. The zero-order chi connectivity index (χ0) is 18.1. The summed E-state index contributed by atoms with van der Waals surface area (Å²) >= 11 is 0. The fourth-order valence-electron chi connectivity index (χ4n) is 2.74. The Hall–Kier alpha value is -2.53. The molecule has 0 spiro atoms. The zero-order valence-electron chi connectivity index (χ0n) is 14.7. The molecule has 0 radical (unpaired) electrons. The molecule has 0 aromatic heterocycles. The molecule has 2 aromatic rings. The molecule has 1 amide bonds. The Labute approximate surface area is 149 Å². The third kappa shape index (κ3) is 6.12. The number of methoxy groups -OCH3 is 1. The fourth-order valence-corrected chi connectivity index (χ4v) is 2.74. The quantitative estimate of drug-likeness (QED) is 0.655. The Morgan fingerprint density at radius 1 is 1.12 bits per heavy atom. The van der Waals surface area contributed by atoms with Gasteiger partial charge in [-0.15, -0.1) is 0 Å². The topological polar surface area (TPSA) is 70.6 Å². The van der Waals surface area contributed by atoms with E-state index in [0.29, 0.717) is 18.7 Å². The van der Waals surface area contributed by atoms with Gasteiger partial charge in [0.2, 0.25) is 5.91 Å². The molecule has 5 nitrogen and oxygen atoms in total. The summed E-state index contributed by atoms with van der Waals surface area (Å²) in [6, 6.07) is 17.4. The molecule has 0 aliphatic heterocycles. The lowest BCUT2D eigenvalue weighted by Gasteiger charge is -2.20. The van der Waals surface area contributed by atoms with Crippen LogP contribution in [0, 0.1) is 0 Å². The second-order valence-electron chi connectivity index (χ2n) is 6.05. The number of amides is 1. The third-order valence-electron chi connectivity index (χ3n) is 3.99. The molecule has 2 atom stereocenters. The van der Waals surface area contributed by atoms with Crippen LogP contribution in [0.4, 0.5) is 5.69 Å². The summed E-state index contributed by atoms with van der Waals surface area (Å²) in [6.07, 6.45) is 0.179. The summed E-state index contributed by atoms with van der Waals surface area (Å²) in [5.74, 6) is 0.681. The van der Waals surface area contributed by atoms with Crippen LogP contribution in [0.15, 0.2) is 54.6 Å². The van der Waals surface area contributed by atoms with Gasteiger partial charge in [0, 0.05) is 12.5 Å². The first-order valence-electron chi connectivity index (χ1n) is 8.46. The van der Waals surface area contributed by atoms with E-state index in [-0.39, 0.29) is 18.4 Å². The number of rotatable bonds is 9. The molecule has 0 aliphatic carbocycles. The van der Waals surface area contributed by atoms with E-state index in [1.165, 1.54) is 0 Å². The third-order valence-corrected chi connectivity index (χ3v) is 3.99. The van der Waals surface area contributed by atoms with Crippen LogP contribution < -0.4 is 15.4 Å². The Bertz CT molecular complexity index is 659. The minimum absolute atomic E-state index is 0.0800.